The van der Waals surface area contributed by atoms with E-state index in [1.807, 2.05) is 24.3 Å². The molecule has 10 nitrogen and oxygen atoms in total. The summed E-state index contributed by atoms with van der Waals surface area (Å²) in [5.41, 5.74) is -5.92. The molecule has 0 aromatic heterocycles. The van der Waals surface area contributed by atoms with Crippen molar-refractivity contribution in [1.82, 2.24) is 0 Å². The van der Waals surface area contributed by atoms with E-state index >= 15 is 0 Å². The van der Waals surface area contributed by atoms with Crippen molar-refractivity contribution >= 4 is 46.8 Å². The zero-order valence-electron chi connectivity index (χ0n) is 25.8. The highest BCUT2D eigenvalue weighted by Gasteiger charge is 3.01. The Morgan fingerprint density at radius 3 is 2.15 bits per heavy atom. The van der Waals surface area contributed by atoms with Gasteiger partial charge in [-0.05, 0) is 48.9 Å². The molecule has 0 N–H and O–H groups in total. The van der Waals surface area contributed by atoms with Crippen molar-refractivity contribution in [3.05, 3.63) is 60.7 Å². The van der Waals surface area contributed by atoms with Crippen LogP contribution >= 0.6 is 24.4 Å². The minimum Gasteiger partial charge on any atom is -0.459 e. The molecule has 8 rings (SSSR count). The van der Waals surface area contributed by atoms with Gasteiger partial charge >= 0.3 is 22.4 Å². The monoisotopic (exact) mass is 666 g/mol. The maximum Gasteiger partial charge on any atom is 0.358 e. The Bertz CT molecular complexity index is 1630. The molecule has 2 aromatic carbocycles. The lowest BCUT2D eigenvalue weighted by molar-refractivity contribution is -0.237. The molecular weight excluding hydrogens is 632 g/mol. The molecule has 2 spiro atoms. The van der Waals surface area contributed by atoms with Crippen molar-refractivity contribution < 1.29 is 47.5 Å². The number of para-hydroxylation sites is 2. The van der Waals surface area contributed by atoms with Gasteiger partial charge in [-0.2, -0.15) is 0 Å². The lowest BCUT2D eigenvalue weighted by atomic mass is 9.51. The van der Waals surface area contributed by atoms with Gasteiger partial charge in [-0.25, -0.2) is 4.79 Å². The molecule has 12 heteroatoms. The third-order valence-corrected chi connectivity index (χ3v) is 11.7. The Labute approximate surface area is 276 Å². The first-order valence-corrected chi connectivity index (χ1v) is 16.3. The minimum absolute atomic E-state index is 0.0773. The average molecular weight is 667 g/mol. The molecule has 2 saturated carbocycles. The molecule has 6 aliphatic rings. The van der Waals surface area contributed by atoms with E-state index in [1.165, 1.54) is 0 Å². The Balaban J connectivity index is 1.26. The van der Waals surface area contributed by atoms with E-state index < -0.39 is 64.5 Å². The first-order valence-electron chi connectivity index (χ1n) is 15.5. The molecule has 4 saturated heterocycles. The fourth-order valence-corrected chi connectivity index (χ4v) is 10.4. The smallest absolute Gasteiger partial charge is 0.358 e. The van der Waals surface area contributed by atoms with Crippen molar-refractivity contribution in [3.63, 3.8) is 0 Å². The van der Waals surface area contributed by atoms with Crippen LogP contribution in [0.3, 0.4) is 0 Å². The lowest BCUT2D eigenvalue weighted by Gasteiger charge is -2.48. The van der Waals surface area contributed by atoms with Crippen LogP contribution < -0.4 is 9.47 Å². The first kappa shape index (κ1) is 30.0. The van der Waals surface area contributed by atoms with Crippen LogP contribution in [0.2, 0.25) is 0 Å². The predicted octanol–water partition coefficient (Wildman–Crippen LogP) is 4.91. The molecule has 10 atom stereocenters. The summed E-state index contributed by atoms with van der Waals surface area (Å²) in [7, 11) is 0. The van der Waals surface area contributed by atoms with Gasteiger partial charge in [0, 0.05) is 30.9 Å². The van der Waals surface area contributed by atoms with Crippen LogP contribution in [-0.4, -0.2) is 64.8 Å². The summed E-state index contributed by atoms with van der Waals surface area (Å²) in [5.74, 6) is -1.30. The van der Waals surface area contributed by atoms with Crippen LogP contribution in [-0.2, 0) is 38.0 Å². The maximum absolute atomic E-state index is 14.5. The molecular formula is C34H34O10S2. The normalized spacial score (nSPS) is 41.1. The zero-order chi connectivity index (χ0) is 32.3. The number of rotatable bonds is 4. The van der Waals surface area contributed by atoms with Crippen LogP contribution in [0.25, 0.3) is 0 Å². The number of carbonyl (C=O) groups is 2. The molecule has 6 unspecified atom stereocenters. The second kappa shape index (κ2) is 9.85. The quantitative estimate of drug-likeness (QED) is 0.327. The van der Waals surface area contributed by atoms with Crippen LogP contribution in [0.1, 0.15) is 40.5 Å². The highest BCUT2D eigenvalue weighted by atomic mass is 32.1. The summed E-state index contributed by atoms with van der Waals surface area (Å²) in [5, 5.41) is -0.346. The Morgan fingerprint density at radius 1 is 0.891 bits per heavy atom. The summed E-state index contributed by atoms with van der Waals surface area (Å²) in [6.07, 6.45) is -2.38. The van der Waals surface area contributed by atoms with Gasteiger partial charge in [-0.3, -0.25) is 4.79 Å². The van der Waals surface area contributed by atoms with Crippen LogP contribution in [0, 0.1) is 28.1 Å². The number of ether oxygens (including phenoxy) is 8. The summed E-state index contributed by atoms with van der Waals surface area (Å²) in [6.45, 7) is 8.23. The van der Waals surface area contributed by atoms with E-state index in [1.54, 1.807) is 43.3 Å². The highest BCUT2D eigenvalue weighted by molar-refractivity contribution is 7.80. The van der Waals surface area contributed by atoms with Gasteiger partial charge in [0.1, 0.15) is 35.7 Å². The van der Waals surface area contributed by atoms with E-state index in [2.05, 4.69) is 20.8 Å². The Morgan fingerprint density at radius 2 is 1.52 bits per heavy atom. The van der Waals surface area contributed by atoms with Gasteiger partial charge in [0.2, 0.25) is 11.2 Å². The minimum atomic E-state index is -1.83. The Hall–Kier alpha value is -3.32. The van der Waals surface area contributed by atoms with Crippen molar-refractivity contribution in [2.45, 2.75) is 76.3 Å². The van der Waals surface area contributed by atoms with Crippen molar-refractivity contribution in [1.29, 1.82) is 0 Å². The SMILES string of the molecule is C[C@@H]1C(=O)OC2CC34C5CC(C(C)(C)C)C36[C@@H](OC[C@@H]6OC(=S)Oc3ccccc3)OC4(C(=O)O5)[C@]21OC(=S)Oc1ccccc1. The molecule has 4 aliphatic heterocycles. The summed E-state index contributed by atoms with van der Waals surface area (Å²) >= 11 is 11.3. The number of hydrogen-bond acceptors (Lipinski definition) is 12. The summed E-state index contributed by atoms with van der Waals surface area (Å²) in [6, 6.07) is 18.0. The fourth-order valence-electron chi connectivity index (χ4n) is 9.96. The molecule has 0 amide bonds. The van der Waals surface area contributed by atoms with Gasteiger partial charge in [-0.15, -0.1) is 0 Å². The number of thiocarbonyl (C=S) groups is 2. The topological polar surface area (TPSA) is 108 Å². The van der Waals surface area contributed by atoms with Crippen LogP contribution in [0.15, 0.2) is 60.7 Å². The average Bonchev–Trinajstić information content (AvgIpc) is 3.75. The van der Waals surface area contributed by atoms with Gasteiger partial charge in [-0.1, -0.05) is 57.2 Å². The number of esters is 2. The van der Waals surface area contributed by atoms with Gasteiger partial charge in [0.25, 0.3) is 0 Å². The third kappa shape index (κ3) is 3.48. The highest BCUT2D eigenvalue weighted by Crippen LogP contribution is 2.85. The van der Waals surface area contributed by atoms with E-state index in [4.69, 9.17) is 62.3 Å². The van der Waals surface area contributed by atoms with E-state index in [0.29, 0.717) is 17.9 Å². The number of hydrogen-bond donors (Lipinski definition) is 0. The largest absolute Gasteiger partial charge is 0.459 e. The number of benzene rings is 2. The van der Waals surface area contributed by atoms with Gasteiger partial charge < -0.3 is 37.9 Å². The summed E-state index contributed by atoms with van der Waals surface area (Å²) in [4.78, 5) is 27.9. The molecule has 0 radical (unpaired) electrons. The van der Waals surface area contributed by atoms with Crippen LogP contribution in [0.5, 0.6) is 11.5 Å². The molecule has 4 heterocycles. The number of fused-ring (bicyclic) bond motifs is 1. The zero-order valence-corrected chi connectivity index (χ0v) is 27.4. The van der Waals surface area contributed by atoms with E-state index in [9.17, 15) is 9.59 Å². The molecule has 2 aliphatic carbocycles. The second-order valence-corrected chi connectivity index (χ2v) is 14.8. The number of carbonyl (C=O) groups excluding carboxylic acids is 2. The maximum atomic E-state index is 14.5. The third-order valence-electron chi connectivity index (χ3n) is 11.3. The van der Waals surface area contributed by atoms with Gasteiger partial charge in [0.05, 0.1) is 17.4 Å². The fraction of sp³-hybridized carbons (Fsp3) is 0.529. The standard InChI is InChI=1S/C34H34O10S2/c1-18-25(35)40-23-16-31-22-15-21(30(2,3)4)32(31)24(42-28(45)38-19-11-7-5-8-12-19)17-37-27(32)43-34(31,26(36)41-22)33(18,23)44-29(46)39-20-13-9-6-10-14-20/h5-14,18,21-24,27H,15-17H2,1-4H3/t18-,21?,22?,23?,24+,27+,31?,32?,33-,34?/m1/s1. The molecule has 2 aromatic rings. The second-order valence-electron chi connectivity index (χ2n) is 14.1. The molecule has 0 bridgehead atoms. The van der Waals surface area contributed by atoms with Crippen molar-refractivity contribution in [3.8, 4) is 11.5 Å². The Kier molecular flexibility index (Phi) is 6.43. The summed E-state index contributed by atoms with van der Waals surface area (Å²) < 4.78 is 50.7. The van der Waals surface area contributed by atoms with Crippen LogP contribution in [0.4, 0.5) is 0 Å². The van der Waals surface area contributed by atoms with E-state index in [-0.39, 0.29) is 34.8 Å². The van der Waals surface area contributed by atoms with Crippen molar-refractivity contribution in [2.75, 3.05) is 6.61 Å². The molecule has 6 fully saturated rings. The first-order chi connectivity index (χ1) is 21.9. The lowest BCUT2D eigenvalue weighted by Crippen LogP contribution is -2.68. The predicted molar refractivity (Wildman–Crippen MR) is 168 cm³/mol. The van der Waals surface area contributed by atoms with Gasteiger partial charge in [0.15, 0.2) is 6.29 Å². The van der Waals surface area contributed by atoms with Crippen molar-refractivity contribution in [2.24, 2.45) is 28.1 Å². The molecule has 242 valence electrons. The van der Waals surface area contributed by atoms with E-state index in [0.717, 1.165) is 0 Å². The molecule has 46 heavy (non-hydrogen) atoms.